The number of hydrogen-bond donors (Lipinski definition) is 1. The number of benzene rings is 1. The summed E-state index contributed by atoms with van der Waals surface area (Å²) in [5.41, 5.74) is 4.94. The fraction of sp³-hybridized carbons (Fsp3) is 0.222. The lowest BCUT2D eigenvalue weighted by Crippen LogP contribution is -2.08. The molecule has 0 saturated heterocycles. The van der Waals surface area contributed by atoms with Gasteiger partial charge in [-0.1, -0.05) is 0 Å². The quantitative estimate of drug-likeness (QED) is 0.801. The number of hydrogen-bond acceptors (Lipinski definition) is 4. The molecule has 1 N–H and O–H groups in total. The molecule has 0 aliphatic carbocycles. The van der Waals surface area contributed by atoms with E-state index in [0.29, 0.717) is 0 Å². The van der Waals surface area contributed by atoms with Gasteiger partial charge in [0.15, 0.2) is 0 Å². The number of aromatic amines is 1. The molecule has 0 saturated carbocycles. The fourth-order valence-electron chi connectivity index (χ4n) is 2.53. The van der Waals surface area contributed by atoms with Crippen molar-refractivity contribution in [3.63, 3.8) is 0 Å². The summed E-state index contributed by atoms with van der Waals surface area (Å²) >= 11 is 0. The summed E-state index contributed by atoms with van der Waals surface area (Å²) in [6.07, 6.45) is 3.58. The first-order valence-electron chi connectivity index (χ1n) is 7.43. The van der Waals surface area contributed by atoms with E-state index in [1.165, 1.54) is 0 Å². The van der Waals surface area contributed by atoms with Crippen molar-refractivity contribution in [2.45, 2.75) is 6.92 Å². The fourth-order valence-corrected chi connectivity index (χ4v) is 2.53. The van der Waals surface area contributed by atoms with Crippen molar-refractivity contribution in [3.8, 4) is 28.4 Å². The van der Waals surface area contributed by atoms with Crippen LogP contribution in [0.5, 0.6) is 5.75 Å². The molecular weight excluding hydrogens is 288 g/mol. The highest BCUT2D eigenvalue weighted by Crippen LogP contribution is 2.33. The minimum atomic E-state index is 0.794. The molecule has 23 heavy (non-hydrogen) atoms. The normalized spacial score (nSPS) is 10.6. The zero-order valence-electron chi connectivity index (χ0n) is 13.8. The molecule has 2 aromatic heterocycles. The summed E-state index contributed by atoms with van der Waals surface area (Å²) in [7, 11) is 5.69. The van der Waals surface area contributed by atoms with E-state index in [1.54, 1.807) is 13.3 Å². The second kappa shape index (κ2) is 6.12. The molecule has 3 rings (SSSR count). The topological polar surface area (TPSA) is 54.0 Å². The van der Waals surface area contributed by atoms with Crippen LogP contribution in [0, 0.1) is 6.92 Å². The van der Waals surface area contributed by atoms with E-state index in [1.807, 2.05) is 56.4 Å². The number of aryl methyl sites for hydroxylation is 1. The third-order valence-electron chi connectivity index (χ3n) is 3.78. The first-order chi connectivity index (χ1) is 11.1. The Morgan fingerprint density at radius 1 is 1.17 bits per heavy atom. The van der Waals surface area contributed by atoms with Gasteiger partial charge in [-0.3, -0.25) is 4.98 Å². The Labute approximate surface area is 136 Å². The molecule has 0 aliphatic heterocycles. The number of rotatable bonds is 4. The number of nitrogens with one attached hydrogen (secondary N) is 1. The SMILES string of the molecule is COc1cc(N(C)C)ccc1-c1nc(-c2cccnc2)c(C)[nH]1. The number of anilines is 1. The van der Waals surface area contributed by atoms with Crippen LogP contribution in [-0.4, -0.2) is 36.2 Å². The lowest BCUT2D eigenvalue weighted by atomic mass is 10.1. The zero-order valence-corrected chi connectivity index (χ0v) is 13.8. The number of H-pyrrole nitrogens is 1. The number of methoxy groups -OCH3 is 1. The summed E-state index contributed by atoms with van der Waals surface area (Å²) in [6.45, 7) is 2.01. The average molecular weight is 308 g/mol. The summed E-state index contributed by atoms with van der Waals surface area (Å²) in [4.78, 5) is 14.3. The highest BCUT2D eigenvalue weighted by Gasteiger charge is 2.14. The number of nitrogens with zero attached hydrogens (tertiary/aromatic N) is 3. The van der Waals surface area contributed by atoms with Crippen molar-refractivity contribution in [1.82, 2.24) is 15.0 Å². The third kappa shape index (κ3) is 2.90. The van der Waals surface area contributed by atoms with Crippen LogP contribution >= 0.6 is 0 Å². The minimum Gasteiger partial charge on any atom is -0.496 e. The van der Waals surface area contributed by atoms with Gasteiger partial charge in [-0.05, 0) is 31.2 Å². The molecule has 1 aromatic carbocycles. The van der Waals surface area contributed by atoms with E-state index in [2.05, 4.69) is 16.0 Å². The van der Waals surface area contributed by atoms with Gasteiger partial charge in [0, 0.05) is 49.5 Å². The van der Waals surface area contributed by atoms with Gasteiger partial charge in [-0.2, -0.15) is 0 Å². The summed E-state index contributed by atoms with van der Waals surface area (Å²) in [6, 6.07) is 10.0. The first kappa shape index (κ1) is 15.1. The van der Waals surface area contributed by atoms with Gasteiger partial charge in [0.05, 0.1) is 18.4 Å². The molecule has 0 amide bonds. The van der Waals surface area contributed by atoms with Crippen LogP contribution in [0.25, 0.3) is 22.6 Å². The van der Waals surface area contributed by atoms with Gasteiger partial charge in [-0.25, -0.2) is 4.98 Å². The van der Waals surface area contributed by atoms with Crippen molar-refractivity contribution in [1.29, 1.82) is 0 Å². The molecule has 0 radical (unpaired) electrons. The van der Waals surface area contributed by atoms with Crippen LogP contribution in [0.4, 0.5) is 5.69 Å². The van der Waals surface area contributed by atoms with Crippen molar-refractivity contribution in [3.05, 3.63) is 48.4 Å². The number of ether oxygens (including phenoxy) is 1. The monoisotopic (exact) mass is 308 g/mol. The number of imidazole rings is 1. The number of aromatic nitrogens is 3. The standard InChI is InChI=1S/C18H20N4O/c1-12-17(13-6-5-9-19-11-13)21-18(20-12)15-8-7-14(22(2)3)10-16(15)23-4/h5-11H,1-4H3,(H,20,21). The molecule has 5 heteroatoms. The molecule has 118 valence electrons. The van der Waals surface area contributed by atoms with Crippen molar-refractivity contribution >= 4 is 5.69 Å². The molecule has 0 unspecified atom stereocenters. The molecule has 0 fully saturated rings. The predicted molar refractivity (Wildman–Crippen MR) is 92.9 cm³/mol. The Hall–Kier alpha value is -2.82. The van der Waals surface area contributed by atoms with Crippen LogP contribution in [0.2, 0.25) is 0 Å². The van der Waals surface area contributed by atoms with Gasteiger partial charge >= 0.3 is 0 Å². The van der Waals surface area contributed by atoms with Crippen molar-refractivity contribution in [2.75, 3.05) is 26.1 Å². The maximum absolute atomic E-state index is 5.55. The van der Waals surface area contributed by atoms with Gasteiger partial charge in [-0.15, -0.1) is 0 Å². The Morgan fingerprint density at radius 2 is 2.00 bits per heavy atom. The Balaban J connectivity index is 2.06. The molecule has 0 spiro atoms. The third-order valence-corrected chi connectivity index (χ3v) is 3.78. The molecule has 0 aliphatic rings. The number of pyridine rings is 1. The average Bonchev–Trinajstić information content (AvgIpc) is 2.96. The Morgan fingerprint density at radius 3 is 2.65 bits per heavy atom. The van der Waals surface area contributed by atoms with Crippen LogP contribution in [0.1, 0.15) is 5.69 Å². The van der Waals surface area contributed by atoms with Gasteiger partial charge in [0.1, 0.15) is 11.6 Å². The largest absolute Gasteiger partial charge is 0.496 e. The van der Waals surface area contributed by atoms with E-state index in [0.717, 1.165) is 39.8 Å². The van der Waals surface area contributed by atoms with E-state index in [-0.39, 0.29) is 0 Å². The summed E-state index contributed by atoms with van der Waals surface area (Å²) in [5, 5.41) is 0. The van der Waals surface area contributed by atoms with E-state index in [4.69, 9.17) is 9.72 Å². The van der Waals surface area contributed by atoms with Crippen molar-refractivity contribution in [2.24, 2.45) is 0 Å². The molecule has 3 aromatic rings. The summed E-state index contributed by atoms with van der Waals surface area (Å²) < 4.78 is 5.55. The highest BCUT2D eigenvalue weighted by molar-refractivity contribution is 5.72. The van der Waals surface area contributed by atoms with Gasteiger partial charge < -0.3 is 14.6 Å². The van der Waals surface area contributed by atoms with Crippen LogP contribution < -0.4 is 9.64 Å². The van der Waals surface area contributed by atoms with E-state index < -0.39 is 0 Å². The minimum absolute atomic E-state index is 0.794. The highest BCUT2D eigenvalue weighted by atomic mass is 16.5. The van der Waals surface area contributed by atoms with Crippen LogP contribution in [-0.2, 0) is 0 Å². The lowest BCUT2D eigenvalue weighted by Gasteiger charge is -2.15. The molecule has 5 nitrogen and oxygen atoms in total. The molecule has 0 atom stereocenters. The first-order valence-corrected chi connectivity index (χ1v) is 7.43. The van der Waals surface area contributed by atoms with Crippen LogP contribution in [0.15, 0.2) is 42.7 Å². The Bertz CT molecular complexity index is 809. The maximum atomic E-state index is 5.55. The van der Waals surface area contributed by atoms with Crippen molar-refractivity contribution < 1.29 is 4.74 Å². The van der Waals surface area contributed by atoms with Gasteiger partial charge in [0.2, 0.25) is 0 Å². The van der Waals surface area contributed by atoms with E-state index in [9.17, 15) is 0 Å². The van der Waals surface area contributed by atoms with E-state index >= 15 is 0 Å². The van der Waals surface area contributed by atoms with Crippen LogP contribution in [0.3, 0.4) is 0 Å². The second-order valence-corrected chi connectivity index (χ2v) is 5.58. The maximum Gasteiger partial charge on any atom is 0.142 e. The smallest absolute Gasteiger partial charge is 0.142 e. The molecule has 0 bridgehead atoms. The predicted octanol–water partition coefficient (Wildman–Crippen LogP) is 3.52. The van der Waals surface area contributed by atoms with Gasteiger partial charge in [0.25, 0.3) is 0 Å². The lowest BCUT2D eigenvalue weighted by molar-refractivity contribution is 0.416. The second-order valence-electron chi connectivity index (χ2n) is 5.58. The zero-order chi connectivity index (χ0) is 16.4. The molecule has 2 heterocycles. The Kier molecular flexibility index (Phi) is 4.02. The summed E-state index contributed by atoms with van der Waals surface area (Å²) in [5.74, 6) is 1.59. The molecular formula is C18H20N4O.